The standard InChI is InChI=1S/C14H15BrN2O2/c1-2-9-18-14-12(16)7-8-13(17-14)19-11-5-3-10(15)4-6-11/h3-8H,2,9,16H2,1H3. The van der Waals surface area contributed by atoms with Crippen LogP contribution in [0.4, 0.5) is 5.69 Å². The fraction of sp³-hybridized carbons (Fsp3) is 0.214. The molecule has 1 aromatic carbocycles. The third-order valence-electron chi connectivity index (χ3n) is 2.34. The second-order valence-electron chi connectivity index (χ2n) is 3.95. The molecule has 0 saturated carbocycles. The maximum Gasteiger partial charge on any atom is 0.240 e. The van der Waals surface area contributed by atoms with Gasteiger partial charge in [0.1, 0.15) is 5.75 Å². The third kappa shape index (κ3) is 3.86. The van der Waals surface area contributed by atoms with Crippen molar-refractivity contribution in [1.29, 1.82) is 0 Å². The Morgan fingerprint density at radius 2 is 1.89 bits per heavy atom. The summed E-state index contributed by atoms with van der Waals surface area (Å²) in [5.41, 5.74) is 6.30. The first-order valence-corrected chi connectivity index (χ1v) is 6.81. The Morgan fingerprint density at radius 3 is 2.58 bits per heavy atom. The van der Waals surface area contributed by atoms with Gasteiger partial charge in [0.2, 0.25) is 11.8 Å². The highest BCUT2D eigenvalue weighted by atomic mass is 79.9. The minimum atomic E-state index is 0.413. The van der Waals surface area contributed by atoms with Gasteiger partial charge in [-0.1, -0.05) is 22.9 Å². The van der Waals surface area contributed by atoms with Crippen molar-refractivity contribution < 1.29 is 9.47 Å². The van der Waals surface area contributed by atoms with Crippen molar-refractivity contribution in [2.45, 2.75) is 13.3 Å². The fourth-order valence-electron chi connectivity index (χ4n) is 1.43. The van der Waals surface area contributed by atoms with Gasteiger partial charge in [-0.15, -0.1) is 0 Å². The van der Waals surface area contributed by atoms with Crippen LogP contribution in [0.15, 0.2) is 40.9 Å². The van der Waals surface area contributed by atoms with Gasteiger partial charge < -0.3 is 15.2 Å². The van der Waals surface area contributed by atoms with E-state index in [1.807, 2.05) is 31.2 Å². The van der Waals surface area contributed by atoms with E-state index in [0.717, 1.165) is 10.9 Å². The molecule has 0 spiro atoms. The molecule has 0 fully saturated rings. The number of halogens is 1. The zero-order valence-electron chi connectivity index (χ0n) is 10.6. The molecule has 0 aliphatic rings. The monoisotopic (exact) mass is 322 g/mol. The summed E-state index contributed by atoms with van der Waals surface area (Å²) >= 11 is 3.37. The van der Waals surface area contributed by atoms with Crippen LogP contribution in [-0.2, 0) is 0 Å². The Kier molecular flexibility index (Phi) is 4.63. The number of ether oxygens (including phenoxy) is 2. The molecule has 0 saturated heterocycles. The van der Waals surface area contributed by atoms with Gasteiger partial charge in [-0.2, -0.15) is 4.98 Å². The first-order chi connectivity index (χ1) is 9.19. The molecule has 0 aliphatic carbocycles. The van der Waals surface area contributed by atoms with Gasteiger partial charge in [-0.05, 0) is 36.8 Å². The van der Waals surface area contributed by atoms with Crippen molar-refractivity contribution in [3.63, 3.8) is 0 Å². The Bertz CT molecular complexity index is 544. The lowest BCUT2D eigenvalue weighted by molar-refractivity contribution is 0.302. The smallest absolute Gasteiger partial charge is 0.240 e. The zero-order valence-corrected chi connectivity index (χ0v) is 12.2. The maximum absolute atomic E-state index is 5.79. The van der Waals surface area contributed by atoms with Gasteiger partial charge in [0.15, 0.2) is 0 Å². The van der Waals surface area contributed by atoms with Crippen LogP contribution >= 0.6 is 15.9 Å². The van der Waals surface area contributed by atoms with E-state index in [1.54, 1.807) is 12.1 Å². The topological polar surface area (TPSA) is 57.4 Å². The van der Waals surface area contributed by atoms with E-state index < -0.39 is 0 Å². The molecule has 5 heteroatoms. The summed E-state index contributed by atoms with van der Waals surface area (Å²) in [7, 11) is 0. The van der Waals surface area contributed by atoms with E-state index in [1.165, 1.54) is 0 Å². The minimum Gasteiger partial charge on any atom is -0.476 e. The second kappa shape index (κ2) is 6.43. The first kappa shape index (κ1) is 13.7. The molecule has 0 amide bonds. The van der Waals surface area contributed by atoms with Crippen molar-refractivity contribution in [2.75, 3.05) is 12.3 Å². The largest absolute Gasteiger partial charge is 0.476 e. The summed E-state index contributed by atoms with van der Waals surface area (Å²) in [5.74, 6) is 1.58. The van der Waals surface area contributed by atoms with Crippen LogP contribution in [0.1, 0.15) is 13.3 Å². The van der Waals surface area contributed by atoms with Crippen molar-refractivity contribution in [2.24, 2.45) is 0 Å². The summed E-state index contributed by atoms with van der Waals surface area (Å²) in [4.78, 5) is 4.25. The Labute approximate surface area is 120 Å². The number of hydrogen-bond donors (Lipinski definition) is 1. The Hall–Kier alpha value is -1.75. The number of hydrogen-bond acceptors (Lipinski definition) is 4. The number of nitrogens with two attached hydrogens (primary N) is 1. The average Bonchev–Trinajstić information content (AvgIpc) is 2.42. The first-order valence-electron chi connectivity index (χ1n) is 6.02. The molecule has 4 nitrogen and oxygen atoms in total. The van der Waals surface area contributed by atoms with Crippen molar-refractivity contribution in [1.82, 2.24) is 4.98 Å². The molecular formula is C14H15BrN2O2. The summed E-state index contributed by atoms with van der Waals surface area (Å²) in [6.45, 7) is 2.61. The Balaban J connectivity index is 2.14. The number of nitrogens with zero attached hydrogens (tertiary/aromatic N) is 1. The second-order valence-corrected chi connectivity index (χ2v) is 4.86. The molecule has 0 bridgehead atoms. The van der Waals surface area contributed by atoms with Gasteiger partial charge >= 0.3 is 0 Å². The minimum absolute atomic E-state index is 0.413. The van der Waals surface area contributed by atoms with Crippen LogP contribution in [0.3, 0.4) is 0 Å². The number of benzene rings is 1. The van der Waals surface area contributed by atoms with E-state index in [4.69, 9.17) is 15.2 Å². The third-order valence-corrected chi connectivity index (χ3v) is 2.87. The number of anilines is 1. The van der Waals surface area contributed by atoms with Gasteiger partial charge in [0, 0.05) is 10.5 Å². The molecule has 100 valence electrons. The van der Waals surface area contributed by atoms with Crippen LogP contribution in [0.5, 0.6) is 17.5 Å². The number of pyridine rings is 1. The lowest BCUT2D eigenvalue weighted by atomic mass is 10.3. The lowest BCUT2D eigenvalue weighted by Crippen LogP contribution is -2.02. The zero-order chi connectivity index (χ0) is 13.7. The lowest BCUT2D eigenvalue weighted by Gasteiger charge is -2.09. The quantitative estimate of drug-likeness (QED) is 0.903. The molecule has 0 unspecified atom stereocenters. The van der Waals surface area contributed by atoms with Crippen LogP contribution in [0.2, 0.25) is 0 Å². The van der Waals surface area contributed by atoms with E-state index >= 15 is 0 Å². The molecule has 1 aromatic heterocycles. The van der Waals surface area contributed by atoms with Gasteiger partial charge in [0.05, 0.1) is 12.3 Å². The van der Waals surface area contributed by atoms with Crippen LogP contribution in [0.25, 0.3) is 0 Å². The predicted molar refractivity (Wildman–Crippen MR) is 78.7 cm³/mol. The molecule has 2 aromatic rings. The van der Waals surface area contributed by atoms with E-state index in [-0.39, 0.29) is 0 Å². The molecule has 2 N–H and O–H groups in total. The van der Waals surface area contributed by atoms with Crippen molar-refractivity contribution >= 4 is 21.6 Å². The van der Waals surface area contributed by atoms with Crippen LogP contribution in [-0.4, -0.2) is 11.6 Å². The number of rotatable bonds is 5. The molecule has 2 rings (SSSR count). The number of aromatic nitrogens is 1. The number of nitrogen functional groups attached to an aromatic ring is 1. The average molecular weight is 323 g/mol. The highest BCUT2D eigenvalue weighted by molar-refractivity contribution is 9.10. The maximum atomic E-state index is 5.79. The molecule has 19 heavy (non-hydrogen) atoms. The normalized spacial score (nSPS) is 10.2. The Morgan fingerprint density at radius 1 is 1.16 bits per heavy atom. The molecule has 0 atom stereocenters. The van der Waals surface area contributed by atoms with Crippen LogP contribution in [0, 0.1) is 0 Å². The highest BCUT2D eigenvalue weighted by Gasteiger charge is 2.06. The predicted octanol–water partition coefficient (Wildman–Crippen LogP) is 4.01. The van der Waals surface area contributed by atoms with Crippen LogP contribution < -0.4 is 15.2 Å². The molecule has 0 radical (unpaired) electrons. The van der Waals surface area contributed by atoms with E-state index in [9.17, 15) is 0 Å². The van der Waals surface area contributed by atoms with Gasteiger partial charge in [0.25, 0.3) is 0 Å². The summed E-state index contributed by atoms with van der Waals surface area (Å²) in [5, 5.41) is 0. The van der Waals surface area contributed by atoms with Gasteiger partial charge in [-0.3, -0.25) is 0 Å². The summed E-state index contributed by atoms with van der Waals surface area (Å²) in [6.07, 6.45) is 0.902. The summed E-state index contributed by atoms with van der Waals surface area (Å²) in [6, 6.07) is 11.0. The van der Waals surface area contributed by atoms with E-state index in [0.29, 0.717) is 29.8 Å². The molecular weight excluding hydrogens is 308 g/mol. The van der Waals surface area contributed by atoms with E-state index in [2.05, 4.69) is 20.9 Å². The SMILES string of the molecule is CCCOc1nc(Oc2ccc(Br)cc2)ccc1N. The fourth-order valence-corrected chi connectivity index (χ4v) is 1.69. The summed E-state index contributed by atoms with van der Waals surface area (Å²) < 4.78 is 12.1. The van der Waals surface area contributed by atoms with Crippen molar-refractivity contribution in [3.05, 3.63) is 40.9 Å². The van der Waals surface area contributed by atoms with Gasteiger partial charge in [-0.25, -0.2) is 0 Å². The molecule has 1 heterocycles. The van der Waals surface area contributed by atoms with Crippen molar-refractivity contribution in [3.8, 4) is 17.5 Å². The molecule has 0 aliphatic heterocycles. The highest BCUT2D eigenvalue weighted by Crippen LogP contribution is 2.26.